The van der Waals surface area contributed by atoms with Crippen molar-refractivity contribution in [3.63, 3.8) is 0 Å². The van der Waals surface area contributed by atoms with Crippen LogP contribution in [0.15, 0.2) is 52.6 Å². The maximum atomic E-state index is 12.7. The van der Waals surface area contributed by atoms with E-state index in [1.54, 1.807) is 18.2 Å². The van der Waals surface area contributed by atoms with Gasteiger partial charge in [0.1, 0.15) is 15.6 Å². The van der Waals surface area contributed by atoms with Crippen LogP contribution in [-0.4, -0.2) is 74.7 Å². The highest BCUT2D eigenvalue weighted by Crippen LogP contribution is 2.23. The summed E-state index contributed by atoms with van der Waals surface area (Å²) < 4.78 is 53.5. The normalized spacial score (nSPS) is 19.5. The fourth-order valence-electron chi connectivity index (χ4n) is 3.60. The fraction of sp³-hybridized carbons (Fsp3) is 0.444. The summed E-state index contributed by atoms with van der Waals surface area (Å²) in [5.74, 6) is 0.642. The second-order valence-corrected chi connectivity index (χ2v) is 10.9. The van der Waals surface area contributed by atoms with Crippen LogP contribution in [0.5, 0.6) is 0 Å². The number of hydrogen-bond donors (Lipinski definition) is 0. The molecule has 2 aromatic rings. The van der Waals surface area contributed by atoms with E-state index in [0.717, 1.165) is 12.8 Å². The van der Waals surface area contributed by atoms with E-state index in [-0.39, 0.29) is 9.79 Å². The number of anilines is 1. The smallest absolute Gasteiger partial charge is 0.244 e. The summed E-state index contributed by atoms with van der Waals surface area (Å²) in [4.78, 5) is 10.6. The Morgan fingerprint density at radius 1 is 0.724 bits per heavy atom. The summed E-state index contributed by atoms with van der Waals surface area (Å²) in [7, 11) is -7.05. The molecule has 0 spiro atoms. The van der Waals surface area contributed by atoms with Gasteiger partial charge in [0.25, 0.3) is 0 Å². The Labute approximate surface area is 171 Å². The van der Waals surface area contributed by atoms with Crippen LogP contribution in [0.25, 0.3) is 0 Å². The summed E-state index contributed by atoms with van der Waals surface area (Å²) in [5, 5.41) is 0. The van der Waals surface area contributed by atoms with Crippen molar-refractivity contribution in [2.45, 2.75) is 22.6 Å². The average molecular weight is 438 g/mol. The van der Waals surface area contributed by atoms with E-state index >= 15 is 0 Å². The van der Waals surface area contributed by atoms with E-state index in [9.17, 15) is 16.8 Å². The van der Waals surface area contributed by atoms with Crippen LogP contribution in [0, 0.1) is 0 Å². The van der Waals surface area contributed by atoms with Crippen molar-refractivity contribution in [3.05, 3.63) is 42.9 Å². The van der Waals surface area contributed by atoms with Crippen molar-refractivity contribution in [1.82, 2.24) is 18.6 Å². The molecule has 0 bridgehead atoms. The van der Waals surface area contributed by atoms with E-state index in [1.807, 2.05) is 4.90 Å². The Morgan fingerprint density at radius 2 is 1.34 bits per heavy atom. The van der Waals surface area contributed by atoms with Gasteiger partial charge in [-0.05, 0) is 37.1 Å². The van der Waals surface area contributed by atoms with Crippen LogP contribution in [0.2, 0.25) is 0 Å². The average Bonchev–Trinajstić information content (AvgIpc) is 3.30. The molecule has 4 heterocycles. The van der Waals surface area contributed by atoms with Crippen molar-refractivity contribution in [2.75, 3.05) is 44.2 Å². The van der Waals surface area contributed by atoms with Gasteiger partial charge in [-0.1, -0.05) is 0 Å². The molecule has 4 rings (SSSR count). The molecule has 0 saturated carbocycles. The van der Waals surface area contributed by atoms with Crippen molar-refractivity contribution in [1.29, 1.82) is 0 Å². The number of pyridine rings is 2. The third-order valence-corrected chi connectivity index (χ3v) is 9.02. The minimum Gasteiger partial charge on any atom is -0.354 e. The van der Waals surface area contributed by atoms with Gasteiger partial charge in [0.05, 0.1) is 0 Å². The van der Waals surface area contributed by atoms with Gasteiger partial charge < -0.3 is 4.90 Å². The topological polar surface area (TPSA) is 104 Å². The highest BCUT2D eigenvalue weighted by atomic mass is 32.2. The van der Waals surface area contributed by atoms with Crippen LogP contribution >= 0.6 is 0 Å². The largest absolute Gasteiger partial charge is 0.354 e. The summed E-state index contributed by atoms with van der Waals surface area (Å²) in [6.45, 7) is 2.71. The maximum Gasteiger partial charge on any atom is 0.244 e. The van der Waals surface area contributed by atoms with Crippen LogP contribution in [0.1, 0.15) is 12.8 Å². The zero-order chi connectivity index (χ0) is 20.5. The quantitative estimate of drug-likeness (QED) is 0.681. The number of nitrogens with zero attached hydrogens (tertiary/aromatic N) is 5. The minimum atomic E-state index is -3.56. The van der Waals surface area contributed by atoms with Crippen molar-refractivity contribution >= 4 is 25.9 Å². The molecule has 0 unspecified atom stereocenters. The van der Waals surface area contributed by atoms with E-state index in [1.165, 1.54) is 33.3 Å². The predicted molar refractivity (Wildman–Crippen MR) is 107 cm³/mol. The molecule has 29 heavy (non-hydrogen) atoms. The highest BCUT2D eigenvalue weighted by Gasteiger charge is 2.30. The Bertz CT molecular complexity index is 1050. The molecule has 0 aromatic carbocycles. The summed E-state index contributed by atoms with van der Waals surface area (Å²) in [6, 6.07) is 6.41. The van der Waals surface area contributed by atoms with Crippen molar-refractivity contribution < 1.29 is 16.8 Å². The number of rotatable bonds is 5. The van der Waals surface area contributed by atoms with Gasteiger partial charge in [-0.15, -0.1) is 0 Å². The van der Waals surface area contributed by atoms with Gasteiger partial charge in [-0.25, -0.2) is 21.8 Å². The standard InChI is InChI=1S/C18H23N5O4S2/c24-28(25,16-4-3-7-19-14-16)23-12-10-21(11-13-23)18-6-5-17(15-20-18)29(26,27)22-8-1-2-9-22/h3-7,14-15H,1-2,8-13H2. The molecule has 11 heteroatoms. The van der Waals surface area contributed by atoms with Crippen LogP contribution in [-0.2, 0) is 20.0 Å². The third-order valence-electron chi connectivity index (χ3n) is 5.26. The molecule has 0 radical (unpaired) electrons. The van der Waals surface area contributed by atoms with Crippen molar-refractivity contribution in [2.24, 2.45) is 0 Å². The molecule has 2 aliphatic rings. The molecule has 9 nitrogen and oxygen atoms in total. The molecule has 156 valence electrons. The lowest BCUT2D eigenvalue weighted by atomic mass is 10.3. The van der Waals surface area contributed by atoms with Gasteiger partial charge in [0, 0.05) is 57.9 Å². The second-order valence-electron chi connectivity index (χ2n) is 7.04. The first kappa shape index (κ1) is 20.2. The first-order valence-corrected chi connectivity index (χ1v) is 12.4. The van der Waals surface area contributed by atoms with E-state index in [0.29, 0.717) is 45.1 Å². The molecule has 2 aromatic heterocycles. The molecule has 2 saturated heterocycles. The van der Waals surface area contributed by atoms with Gasteiger partial charge >= 0.3 is 0 Å². The van der Waals surface area contributed by atoms with Gasteiger partial charge in [-0.2, -0.15) is 8.61 Å². The number of piperazine rings is 1. The highest BCUT2D eigenvalue weighted by molar-refractivity contribution is 7.89. The van der Waals surface area contributed by atoms with Crippen LogP contribution < -0.4 is 4.90 Å². The Balaban J connectivity index is 1.43. The first-order chi connectivity index (χ1) is 13.9. The summed E-state index contributed by atoms with van der Waals surface area (Å²) >= 11 is 0. The first-order valence-electron chi connectivity index (χ1n) is 9.50. The summed E-state index contributed by atoms with van der Waals surface area (Å²) in [6.07, 6.45) is 6.05. The zero-order valence-corrected chi connectivity index (χ0v) is 17.5. The predicted octanol–water partition coefficient (Wildman–Crippen LogP) is 0.772. The zero-order valence-electron chi connectivity index (χ0n) is 15.9. The van der Waals surface area contributed by atoms with Crippen LogP contribution in [0.4, 0.5) is 5.82 Å². The van der Waals surface area contributed by atoms with Gasteiger partial charge in [-0.3, -0.25) is 4.98 Å². The number of sulfonamides is 2. The van der Waals surface area contributed by atoms with Crippen LogP contribution in [0.3, 0.4) is 0 Å². The number of aromatic nitrogens is 2. The van der Waals surface area contributed by atoms with Crippen molar-refractivity contribution in [3.8, 4) is 0 Å². The van der Waals surface area contributed by atoms with Gasteiger partial charge in [0.15, 0.2) is 0 Å². The Hall–Kier alpha value is -2.08. The molecular formula is C18H23N5O4S2. The molecule has 0 N–H and O–H groups in total. The molecule has 0 aliphatic carbocycles. The van der Waals surface area contributed by atoms with E-state index < -0.39 is 20.0 Å². The lowest BCUT2D eigenvalue weighted by Crippen LogP contribution is -2.48. The SMILES string of the molecule is O=S(=O)(c1ccc(N2CCN(S(=O)(=O)c3cccnc3)CC2)nc1)N1CCCC1. The van der Waals surface area contributed by atoms with E-state index in [4.69, 9.17) is 0 Å². The lowest BCUT2D eigenvalue weighted by molar-refractivity contribution is 0.383. The summed E-state index contributed by atoms with van der Waals surface area (Å²) in [5.41, 5.74) is 0. The number of hydrogen-bond acceptors (Lipinski definition) is 7. The van der Waals surface area contributed by atoms with E-state index in [2.05, 4.69) is 9.97 Å². The third kappa shape index (κ3) is 4.00. The second kappa shape index (κ2) is 7.98. The Morgan fingerprint density at radius 3 is 1.90 bits per heavy atom. The fourth-order valence-corrected chi connectivity index (χ4v) is 6.45. The lowest BCUT2D eigenvalue weighted by Gasteiger charge is -2.34. The maximum absolute atomic E-state index is 12.7. The molecular weight excluding hydrogens is 414 g/mol. The molecule has 0 amide bonds. The van der Waals surface area contributed by atoms with Gasteiger partial charge in [0.2, 0.25) is 20.0 Å². The molecule has 0 atom stereocenters. The molecule has 2 fully saturated rings. The minimum absolute atomic E-state index is 0.183. The Kier molecular flexibility index (Phi) is 5.56. The molecule has 2 aliphatic heterocycles. The monoisotopic (exact) mass is 437 g/mol.